The van der Waals surface area contributed by atoms with Crippen molar-refractivity contribution in [2.45, 2.75) is 28.5 Å². The SMILES string of the molecule is Cc1ccc(S(=O)(=O)Cc2nnc(SCc3ccccc3Cl)n2-c2ccccc2)cc1. The zero-order valence-electron chi connectivity index (χ0n) is 16.8. The standard InChI is InChI=1S/C23H20ClN3O2S2/c1-17-11-13-20(14-12-17)31(28,29)16-22-25-26-23(27(22)19-8-3-2-4-9-19)30-15-18-7-5-6-10-21(18)24/h2-14H,15-16H2,1H3. The number of benzene rings is 3. The normalized spacial score (nSPS) is 11.5. The van der Waals surface area contributed by atoms with Gasteiger partial charge in [-0.2, -0.15) is 0 Å². The van der Waals surface area contributed by atoms with Crippen molar-refractivity contribution < 1.29 is 8.42 Å². The molecule has 4 aromatic rings. The summed E-state index contributed by atoms with van der Waals surface area (Å²) in [6, 6.07) is 24.0. The van der Waals surface area contributed by atoms with Gasteiger partial charge in [0.15, 0.2) is 20.8 Å². The van der Waals surface area contributed by atoms with Crippen LogP contribution < -0.4 is 0 Å². The van der Waals surface area contributed by atoms with Crippen LogP contribution in [0.4, 0.5) is 0 Å². The van der Waals surface area contributed by atoms with Crippen LogP contribution in [0, 0.1) is 6.92 Å². The first kappa shape index (κ1) is 21.6. The van der Waals surface area contributed by atoms with Gasteiger partial charge in [0.25, 0.3) is 0 Å². The van der Waals surface area contributed by atoms with Crippen LogP contribution in [-0.2, 0) is 21.3 Å². The number of hydrogen-bond acceptors (Lipinski definition) is 5. The van der Waals surface area contributed by atoms with E-state index in [4.69, 9.17) is 11.6 Å². The minimum absolute atomic E-state index is 0.245. The highest BCUT2D eigenvalue weighted by Gasteiger charge is 2.22. The summed E-state index contributed by atoms with van der Waals surface area (Å²) in [7, 11) is -3.57. The summed E-state index contributed by atoms with van der Waals surface area (Å²) in [5.74, 6) is 0.716. The van der Waals surface area contributed by atoms with Gasteiger partial charge in [0.2, 0.25) is 0 Å². The van der Waals surface area contributed by atoms with E-state index in [1.807, 2.05) is 61.5 Å². The lowest BCUT2D eigenvalue weighted by molar-refractivity contribution is 0.593. The van der Waals surface area contributed by atoms with Gasteiger partial charge in [0.1, 0.15) is 5.75 Å². The molecule has 0 fully saturated rings. The largest absolute Gasteiger partial charge is 0.273 e. The van der Waals surface area contributed by atoms with Gasteiger partial charge in [-0.15, -0.1) is 10.2 Å². The predicted octanol–water partition coefficient (Wildman–Crippen LogP) is 5.50. The lowest BCUT2D eigenvalue weighted by Crippen LogP contribution is -2.11. The van der Waals surface area contributed by atoms with Crippen LogP contribution >= 0.6 is 23.4 Å². The Hall–Kier alpha value is -2.61. The van der Waals surface area contributed by atoms with Crippen LogP contribution in [0.1, 0.15) is 17.0 Å². The van der Waals surface area contributed by atoms with Crippen molar-refractivity contribution in [3.63, 3.8) is 0 Å². The van der Waals surface area contributed by atoms with Crippen molar-refractivity contribution in [2.24, 2.45) is 0 Å². The average Bonchev–Trinajstić information content (AvgIpc) is 3.15. The highest BCUT2D eigenvalue weighted by molar-refractivity contribution is 7.98. The van der Waals surface area contributed by atoms with Gasteiger partial charge in [-0.05, 0) is 42.8 Å². The molecule has 158 valence electrons. The summed E-state index contributed by atoms with van der Waals surface area (Å²) in [5, 5.41) is 9.83. The molecule has 1 aromatic heterocycles. The lowest BCUT2D eigenvalue weighted by Gasteiger charge is -2.11. The fourth-order valence-corrected chi connectivity index (χ4v) is 5.58. The first-order chi connectivity index (χ1) is 14.9. The Morgan fingerprint density at radius 2 is 1.58 bits per heavy atom. The zero-order valence-corrected chi connectivity index (χ0v) is 19.2. The Bertz CT molecular complexity index is 1290. The molecule has 0 radical (unpaired) electrons. The fraction of sp³-hybridized carbons (Fsp3) is 0.130. The van der Waals surface area contributed by atoms with Crippen molar-refractivity contribution >= 4 is 33.2 Å². The number of aromatic nitrogens is 3. The molecular weight excluding hydrogens is 450 g/mol. The summed E-state index contributed by atoms with van der Waals surface area (Å²) < 4.78 is 27.8. The molecule has 0 aliphatic heterocycles. The second-order valence-corrected chi connectivity index (χ2v) is 10.4. The molecule has 0 amide bonds. The van der Waals surface area contributed by atoms with Crippen molar-refractivity contribution in [2.75, 3.05) is 0 Å². The summed E-state index contributed by atoms with van der Waals surface area (Å²) in [5.41, 5.74) is 2.79. The highest BCUT2D eigenvalue weighted by atomic mass is 35.5. The second kappa shape index (κ2) is 9.26. The van der Waals surface area contributed by atoms with E-state index in [0.717, 1.165) is 16.8 Å². The van der Waals surface area contributed by atoms with Gasteiger partial charge >= 0.3 is 0 Å². The van der Waals surface area contributed by atoms with Gasteiger partial charge in [0.05, 0.1) is 4.90 Å². The molecule has 0 aliphatic carbocycles. The first-order valence-corrected chi connectivity index (χ1v) is 12.6. The maximum absolute atomic E-state index is 13.0. The molecule has 0 spiro atoms. The molecule has 3 aromatic carbocycles. The third kappa shape index (κ3) is 5.01. The minimum atomic E-state index is -3.57. The molecule has 0 bridgehead atoms. The fourth-order valence-electron chi connectivity index (χ4n) is 3.08. The molecular formula is C23H20ClN3O2S2. The Balaban J connectivity index is 1.68. The van der Waals surface area contributed by atoms with Crippen molar-refractivity contribution in [3.05, 3.63) is 101 Å². The lowest BCUT2D eigenvalue weighted by atomic mass is 10.2. The number of halogens is 1. The van der Waals surface area contributed by atoms with Gasteiger partial charge in [-0.1, -0.05) is 77.5 Å². The molecule has 0 saturated heterocycles. The molecule has 0 aliphatic rings. The summed E-state index contributed by atoms with van der Waals surface area (Å²) >= 11 is 7.75. The maximum atomic E-state index is 13.0. The third-order valence-corrected chi connectivity index (χ3v) is 7.70. The van der Waals surface area contributed by atoms with E-state index < -0.39 is 9.84 Å². The van der Waals surface area contributed by atoms with E-state index in [-0.39, 0.29) is 10.6 Å². The van der Waals surface area contributed by atoms with Crippen LogP contribution in [0.15, 0.2) is 88.9 Å². The number of para-hydroxylation sites is 1. The number of nitrogens with zero attached hydrogens (tertiary/aromatic N) is 3. The van der Waals surface area contributed by atoms with Crippen LogP contribution in [0.3, 0.4) is 0 Å². The number of aryl methyl sites for hydroxylation is 1. The van der Waals surface area contributed by atoms with Crippen molar-refractivity contribution in [3.8, 4) is 5.69 Å². The molecule has 8 heteroatoms. The maximum Gasteiger partial charge on any atom is 0.196 e. The Morgan fingerprint density at radius 1 is 0.903 bits per heavy atom. The summed E-state index contributed by atoms with van der Waals surface area (Å²) in [4.78, 5) is 0.269. The zero-order chi connectivity index (χ0) is 21.8. The monoisotopic (exact) mass is 469 g/mol. The second-order valence-electron chi connectivity index (χ2n) is 7.02. The molecule has 0 saturated carbocycles. The molecule has 0 atom stereocenters. The van der Waals surface area contributed by atoms with E-state index in [2.05, 4.69) is 10.2 Å². The third-order valence-electron chi connectivity index (χ3n) is 4.73. The topological polar surface area (TPSA) is 64.8 Å². The van der Waals surface area contributed by atoms with Crippen LogP contribution in [0.25, 0.3) is 5.69 Å². The minimum Gasteiger partial charge on any atom is -0.273 e. The molecule has 31 heavy (non-hydrogen) atoms. The van der Waals surface area contributed by atoms with Crippen LogP contribution in [0.5, 0.6) is 0 Å². The highest BCUT2D eigenvalue weighted by Crippen LogP contribution is 2.29. The van der Waals surface area contributed by atoms with Crippen molar-refractivity contribution in [1.29, 1.82) is 0 Å². The number of rotatable bonds is 7. The number of thioether (sulfide) groups is 1. The van der Waals surface area contributed by atoms with E-state index in [1.165, 1.54) is 11.8 Å². The van der Waals surface area contributed by atoms with Gasteiger partial charge in [-0.25, -0.2) is 8.42 Å². The molecule has 4 rings (SSSR count). The number of sulfone groups is 1. The average molecular weight is 470 g/mol. The molecule has 0 unspecified atom stereocenters. The Kier molecular flexibility index (Phi) is 6.46. The van der Waals surface area contributed by atoms with E-state index in [1.54, 1.807) is 28.8 Å². The smallest absolute Gasteiger partial charge is 0.196 e. The molecule has 0 N–H and O–H groups in total. The van der Waals surface area contributed by atoms with E-state index in [0.29, 0.717) is 21.8 Å². The summed E-state index contributed by atoms with van der Waals surface area (Å²) in [6.45, 7) is 1.92. The Labute approximate surface area is 191 Å². The van der Waals surface area contributed by atoms with E-state index >= 15 is 0 Å². The predicted molar refractivity (Wildman–Crippen MR) is 124 cm³/mol. The first-order valence-electron chi connectivity index (χ1n) is 9.59. The number of hydrogen-bond donors (Lipinski definition) is 0. The van der Waals surface area contributed by atoms with Gasteiger partial charge in [-0.3, -0.25) is 4.57 Å². The van der Waals surface area contributed by atoms with E-state index in [9.17, 15) is 8.42 Å². The van der Waals surface area contributed by atoms with Gasteiger partial charge in [0, 0.05) is 16.5 Å². The quantitative estimate of drug-likeness (QED) is 0.334. The van der Waals surface area contributed by atoms with Crippen molar-refractivity contribution in [1.82, 2.24) is 14.8 Å². The van der Waals surface area contributed by atoms with Crippen LogP contribution in [-0.4, -0.2) is 23.2 Å². The molecule has 5 nitrogen and oxygen atoms in total. The Morgan fingerprint density at radius 3 is 2.29 bits per heavy atom. The summed E-state index contributed by atoms with van der Waals surface area (Å²) in [6.07, 6.45) is 0. The molecule has 1 heterocycles. The van der Waals surface area contributed by atoms with Gasteiger partial charge < -0.3 is 0 Å². The van der Waals surface area contributed by atoms with Crippen LogP contribution in [0.2, 0.25) is 5.02 Å².